The molecule has 6 heteroatoms. The lowest BCUT2D eigenvalue weighted by atomic mass is 10.1. The fourth-order valence-electron chi connectivity index (χ4n) is 3.33. The minimum Gasteiger partial charge on any atom is -0.460 e. The zero-order valence-electron chi connectivity index (χ0n) is 14.3. The monoisotopic (exact) mass is 339 g/mol. The largest absolute Gasteiger partial charge is 0.460 e. The average Bonchev–Trinajstić information content (AvgIpc) is 2.95. The molecule has 1 fully saturated rings. The van der Waals surface area contributed by atoms with E-state index in [1.807, 2.05) is 25.2 Å². The molecule has 0 aliphatic carbocycles. The maximum Gasteiger partial charge on any atom is 0.356 e. The number of carbonyl (C=O) groups is 1. The summed E-state index contributed by atoms with van der Waals surface area (Å²) in [7, 11) is 2.01. The fourth-order valence-corrected chi connectivity index (χ4v) is 3.33. The summed E-state index contributed by atoms with van der Waals surface area (Å²) in [4.78, 5) is 18.9. The maximum atomic E-state index is 12.3. The first kappa shape index (κ1) is 16.1. The number of pyridine rings is 1. The second kappa shape index (κ2) is 6.82. The van der Waals surface area contributed by atoms with Crippen molar-refractivity contribution in [2.45, 2.75) is 0 Å². The predicted molar refractivity (Wildman–Crippen MR) is 95.8 cm³/mol. The Morgan fingerprint density at radius 3 is 2.84 bits per heavy atom. The van der Waals surface area contributed by atoms with Crippen LogP contribution < -0.4 is 0 Å². The van der Waals surface area contributed by atoms with Gasteiger partial charge in [-0.3, -0.25) is 4.90 Å². The topological polar surface area (TPSA) is 56.6 Å². The molecule has 2 aromatic heterocycles. The van der Waals surface area contributed by atoms with E-state index in [1.165, 1.54) is 0 Å². The number of esters is 1. The standard InChI is InChI=1S/C19H21N3O3/c1-21-17-5-3-2-4-14(17)15-12-16(20-13-18(15)21)19(23)25-11-8-22-6-9-24-10-7-22/h2-5,12-13H,6-11H2,1H3. The van der Waals surface area contributed by atoms with Crippen molar-refractivity contribution in [2.24, 2.45) is 7.05 Å². The second-order valence-electron chi connectivity index (χ2n) is 6.25. The van der Waals surface area contributed by atoms with Crippen LogP contribution in [0.4, 0.5) is 0 Å². The van der Waals surface area contributed by atoms with E-state index < -0.39 is 0 Å². The van der Waals surface area contributed by atoms with Crippen molar-refractivity contribution in [3.8, 4) is 0 Å². The van der Waals surface area contributed by atoms with Crippen molar-refractivity contribution in [1.29, 1.82) is 0 Å². The third kappa shape index (κ3) is 3.10. The van der Waals surface area contributed by atoms with Crippen LogP contribution in [0.15, 0.2) is 36.5 Å². The molecule has 130 valence electrons. The van der Waals surface area contributed by atoms with Gasteiger partial charge in [-0.2, -0.15) is 0 Å². The molecule has 0 amide bonds. The van der Waals surface area contributed by atoms with Crippen LogP contribution in [-0.2, 0) is 16.5 Å². The molecule has 1 aliphatic heterocycles. The van der Waals surface area contributed by atoms with E-state index in [4.69, 9.17) is 9.47 Å². The summed E-state index contributed by atoms with van der Waals surface area (Å²) in [6, 6.07) is 9.97. The van der Waals surface area contributed by atoms with Gasteiger partial charge in [0.1, 0.15) is 12.3 Å². The number of hydrogen-bond acceptors (Lipinski definition) is 5. The van der Waals surface area contributed by atoms with E-state index in [-0.39, 0.29) is 5.97 Å². The van der Waals surface area contributed by atoms with Crippen molar-refractivity contribution in [3.05, 3.63) is 42.2 Å². The van der Waals surface area contributed by atoms with Crippen LogP contribution in [0.1, 0.15) is 10.5 Å². The van der Waals surface area contributed by atoms with E-state index in [0.717, 1.165) is 54.7 Å². The predicted octanol–water partition coefficient (Wildman–Crippen LogP) is 2.22. The summed E-state index contributed by atoms with van der Waals surface area (Å²) in [6.07, 6.45) is 1.74. The van der Waals surface area contributed by atoms with Crippen molar-refractivity contribution >= 4 is 27.8 Å². The highest BCUT2D eigenvalue weighted by molar-refractivity contribution is 6.09. The highest BCUT2D eigenvalue weighted by atomic mass is 16.5. The minimum atomic E-state index is -0.372. The molecule has 0 N–H and O–H groups in total. The van der Waals surface area contributed by atoms with Gasteiger partial charge in [-0.05, 0) is 12.1 Å². The first-order valence-corrected chi connectivity index (χ1v) is 8.54. The van der Waals surface area contributed by atoms with E-state index in [0.29, 0.717) is 12.3 Å². The lowest BCUT2D eigenvalue weighted by molar-refractivity contribution is 0.0193. The zero-order chi connectivity index (χ0) is 17.2. The lowest BCUT2D eigenvalue weighted by Crippen LogP contribution is -2.38. The first-order valence-electron chi connectivity index (χ1n) is 8.54. The molecule has 4 rings (SSSR count). The quantitative estimate of drug-likeness (QED) is 0.682. The van der Waals surface area contributed by atoms with E-state index in [1.54, 1.807) is 6.20 Å². The van der Waals surface area contributed by atoms with Crippen LogP contribution in [0.5, 0.6) is 0 Å². The van der Waals surface area contributed by atoms with Gasteiger partial charge in [-0.1, -0.05) is 18.2 Å². The molecule has 6 nitrogen and oxygen atoms in total. The van der Waals surface area contributed by atoms with Crippen LogP contribution in [0.25, 0.3) is 21.8 Å². The van der Waals surface area contributed by atoms with Crippen LogP contribution in [-0.4, -0.2) is 59.9 Å². The molecular formula is C19H21N3O3. The number of carbonyl (C=O) groups excluding carboxylic acids is 1. The van der Waals surface area contributed by atoms with Crippen molar-refractivity contribution in [2.75, 3.05) is 39.5 Å². The van der Waals surface area contributed by atoms with Gasteiger partial charge in [0.25, 0.3) is 0 Å². The van der Waals surface area contributed by atoms with Crippen LogP contribution in [0.2, 0.25) is 0 Å². The second-order valence-corrected chi connectivity index (χ2v) is 6.25. The van der Waals surface area contributed by atoms with Gasteiger partial charge in [0, 0.05) is 43.0 Å². The van der Waals surface area contributed by atoms with Gasteiger partial charge in [0.2, 0.25) is 0 Å². The molecule has 1 aromatic carbocycles. The minimum absolute atomic E-state index is 0.353. The molecular weight excluding hydrogens is 318 g/mol. The molecule has 0 atom stereocenters. The van der Waals surface area contributed by atoms with Gasteiger partial charge in [-0.25, -0.2) is 9.78 Å². The van der Waals surface area contributed by atoms with Gasteiger partial charge in [0.05, 0.1) is 24.9 Å². The Morgan fingerprint density at radius 1 is 1.20 bits per heavy atom. The Balaban J connectivity index is 1.50. The summed E-state index contributed by atoms with van der Waals surface area (Å²) < 4.78 is 12.8. The van der Waals surface area contributed by atoms with Crippen molar-refractivity contribution in [1.82, 2.24) is 14.5 Å². The molecule has 3 heterocycles. The van der Waals surface area contributed by atoms with Crippen LogP contribution >= 0.6 is 0 Å². The van der Waals surface area contributed by atoms with Gasteiger partial charge in [-0.15, -0.1) is 0 Å². The van der Waals surface area contributed by atoms with Gasteiger partial charge < -0.3 is 14.0 Å². The molecule has 1 saturated heterocycles. The number of fused-ring (bicyclic) bond motifs is 3. The number of hydrogen-bond donors (Lipinski definition) is 0. The Labute approximate surface area is 145 Å². The molecule has 25 heavy (non-hydrogen) atoms. The maximum absolute atomic E-state index is 12.3. The molecule has 0 bridgehead atoms. The average molecular weight is 339 g/mol. The molecule has 0 spiro atoms. The third-order valence-electron chi connectivity index (χ3n) is 4.75. The lowest BCUT2D eigenvalue weighted by Gasteiger charge is -2.26. The Kier molecular flexibility index (Phi) is 4.38. The van der Waals surface area contributed by atoms with E-state index in [2.05, 4.69) is 26.6 Å². The summed E-state index contributed by atoms with van der Waals surface area (Å²) in [5.41, 5.74) is 2.48. The third-order valence-corrected chi connectivity index (χ3v) is 4.75. The van der Waals surface area contributed by atoms with E-state index in [9.17, 15) is 4.79 Å². The number of benzene rings is 1. The smallest absolute Gasteiger partial charge is 0.356 e. The first-order chi connectivity index (χ1) is 12.2. The van der Waals surface area contributed by atoms with E-state index >= 15 is 0 Å². The summed E-state index contributed by atoms with van der Waals surface area (Å²) in [5, 5.41) is 2.14. The normalized spacial score (nSPS) is 15.7. The fraction of sp³-hybridized carbons (Fsp3) is 0.368. The number of para-hydroxylation sites is 1. The molecule has 0 unspecified atom stereocenters. The van der Waals surface area contributed by atoms with Crippen molar-refractivity contribution in [3.63, 3.8) is 0 Å². The Morgan fingerprint density at radius 2 is 2.00 bits per heavy atom. The van der Waals surface area contributed by atoms with Gasteiger partial charge in [0.15, 0.2) is 0 Å². The highest BCUT2D eigenvalue weighted by Gasteiger charge is 2.15. The molecule has 1 aliphatic rings. The molecule has 0 saturated carbocycles. The number of aryl methyl sites for hydroxylation is 1. The zero-order valence-corrected chi connectivity index (χ0v) is 14.3. The highest BCUT2D eigenvalue weighted by Crippen LogP contribution is 2.27. The number of morpholine rings is 1. The van der Waals surface area contributed by atoms with Gasteiger partial charge >= 0.3 is 5.97 Å². The van der Waals surface area contributed by atoms with Crippen LogP contribution in [0.3, 0.4) is 0 Å². The summed E-state index contributed by atoms with van der Waals surface area (Å²) in [6.45, 7) is 4.36. The number of nitrogens with zero attached hydrogens (tertiary/aromatic N) is 3. The Bertz CT molecular complexity index is 913. The van der Waals surface area contributed by atoms with Crippen LogP contribution in [0, 0.1) is 0 Å². The number of rotatable bonds is 4. The van der Waals surface area contributed by atoms with Crippen molar-refractivity contribution < 1.29 is 14.3 Å². The molecule has 0 radical (unpaired) electrons. The number of aromatic nitrogens is 2. The Hall–Kier alpha value is -2.44. The summed E-state index contributed by atoms with van der Waals surface area (Å²) in [5.74, 6) is -0.372. The SMILES string of the molecule is Cn1c2ccccc2c2cc(C(=O)OCCN3CCOCC3)ncc21. The summed E-state index contributed by atoms with van der Waals surface area (Å²) >= 11 is 0. The number of ether oxygens (including phenoxy) is 2. The molecule has 3 aromatic rings.